The van der Waals surface area contributed by atoms with E-state index in [4.69, 9.17) is 10.5 Å². The van der Waals surface area contributed by atoms with Gasteiger partial charge in [0.05, 0.1) is 12.2 Å². The van der Waals surface area contributed by atoms with E-state index < -0.39 is 0 Å². The predicted octanol–water partition coefficient (Wildman–Crippen LogP) is 2.55. The quantitative estimate of drug-likeness (QED) is 0.770. The number of ether oxygens (including phenoxy) is 1. The lowest BCUT2D eigenvalue weighted by atomic mass is 10.1. The first-order valence-electron chi connectivity index (χ1n) is 6.57. The summed E-state index contributed by atoms with van der Waals surface area (Å²) in [5.41, 5.74) is 8.00. The van der Waals surface area contributed by atoms with E-state index >= 15 is 0 Å². The highest BCUT2D eigenvalue weighted by molar-refractivity contribution is 5.59. The van der Waals surface area contributed by atoms with Gasteiger partial charge in [-0.1, -0.05) is 13.0 Å². The minimum absolute atomic E-state index is 0.311. The van der Waals surface area contributed by atoms with Crippen LogP contribution in [0, 0.1) is 0 Å². The van der Waals surface area contributed by atoms with Gasteiger partial charge in [0.15, 0.2) is 0 Å². The number of hydrogen-bond donors (Lipinski definition) is 2. The van der Waals surface area contributed by atoms with Crippen LogP contribution in [0.1, 0.15) is 31.7 Å². The fourth-order valence-corrected chi connectivity index (χ4v) is 2.12. The predicted molar refractivity (Wildman–Crippen MR) is 71.6 cm³/mol. The molecule has 3 nitrogen and oxygen atoms in total. The molecule has 1 aliphatic rings. The van der Waals surface area contributed by atoms with Crippen LogP contribution in [0.2, 0.25) is 0 Å². The van der Waals surface area contributed by atoms with Crippen LogP contribution in [0.15, 0.2) is 18.2 Å². The highest BCUT2D eigenvalue weighted by atomic mass is 16.5. The molecule has 17 heavy (non-hydrogen) atoms. The summed E-state index contributed by atoms with van der Waals surface area (Å²) in [5.74, 6) is 0.991. The van der Waals surface area contributed by atoms with Crippen LogP contribution in [0.3, 0.4) is 0 Å². The van der Waals surface area contributed by atoms with E-state index in [1.807, 2.05) is 0 Å². The number of fused-ring (bicyclic) bond motifs is 1. The molecular formula is C14H22N2O. The van der Waals surface area contributed by atoms with E-state index in [0.29, 0.717) is 6.10 Å². The normalized spacial score (nSPS) is 18.1. The van der Waals surface area contributed by atoms with Gasteiger partial charge in [0.2, 0.25) is 0 Å². The van der Waals surface area contributed by atoms with Crippen molar-refractivity contribution in [2.75, 3.05) is 18.4 Å². The Morgan fingerprint density at radius 3 is 3.06 bits per heavy atom. The van der Waals surface area contributed by atoms with Gasteiger partial charge in [0.25, 0.3) is 0 Å². The molecule has 3 N–H and O–H groups in total. The van der Waals surface area contributed by atoms with Crippen LogP contribution in [0.25, 0.3) is 0 Å². The molecule has 1 aromatic carbocycles. The van der Waals surface area contributed by atoms with Crippen LogP contribution in [-0.4, -0.2) is 19.2 Å². The Bertz CT molecular complexity index is 365. The third kappa shape index (κ3) is 3.13. The standard InChI is InChI=1S/C14H22N2O/c1-2-12-10-16-13-9-11(5-3-4-8-15)6-7-14(13)17-12/h6-7,9,12,16H,2-5,8,10,15H2,1H3. The van der Waals surface area contributed by atoms with Crippen molar-refractivity contribution in [3.8, 4) is 5.75 Å². The summed E-state index contributed by atoms with van der Waals surface area (Å²) in [5, 5.41) is 3.44. The minimum atomic E-state index is 0.311. The first kappa shape index (κ1) is 12.2. The number of anilines is 1. The van der Waals surface area contributed by atoms with Crippen LogP contribution in [-0.2, 0) is 6.42 Å². The Morgan fingerprint density at radius 1 is 1.41 bits per heavy atom. The first-order valence-corrected chi connectivity index (χ1v) is 6.57. The molecule has 1 heterocycles. The second-order valence-electron chi connectivity index (χ2n) is 4.61. The molecule has 0 aromatic heterocycles. The molecule has 1 aromatic rings. The van der Waals surface area contributed by atoms with Gasteiger partial charge in [-0.3, -0.25) is 0 Å². The van der Waals surface area contributed by atoms with Crippen LogP contribution >= 0.6 is 0 Å². The summed E-state index contributed by atoms with van der Waals surface area (Å²) in [7, 11) is 0. The lowest BCUT2D eigenvalue weighted by molar-refractivity contribution is 0.202. The third-order valence-corrected chi connectivity index (χ3v) is 3.23. The molecule has 0 fully saturated rings. The second-order valence-corrected chi connectivity index (χ2v) is 4.61. The molecule has 3 heteroatoms. The van der Waals surface area contributed by atoms with Gasteiger partial charge in [-0.2, -0.15) is 0 Å². The second kappa shape index (κ2) is 5.92. The summed E-state index contributed by atoms with van der Waals surface area (Å²) in [6, 6.07) is 6.45. The zero-order chi connectivity index (χ0) is 12.1. The van der Waals surface area contributed by atoms with Crippen molar-refractivity contribution in [3.05, 3.63) is 23.8 Å². The molecule has 0 amide bonds. The molecule has 0 bridgehead atoms. The highest BCUT2D eigenvalue weighted by Crippen LogP contribution is 2.30. The molecule has 2 rings (SSSR count). The van der Waals surface area contributed by atoms with E-state index in [0.717, 1.165) is 50.2 Å². The smallest absolute Gasteiger partial charge is 0.142 e. The van der Waals surface area contributed by atoms with Crippen molar-refractivity contribution in [3.63, 3.8) is 0 Å². The van der Waals surface area contributed by atoms with E-state index in [1.165, 1.54) is 5.56 Å². The average molecular weight is 234 g/mol. The molecule has 94 valence electrons. The van der Waals surface area contributed by atoms with Crippen molar-refractivity contribution in [1.29, 1.82) is 0 Å². The van der Waals surface area contributed by atoms with E-state index in [9.17, 15) is 0 Å². The van der Waals surface area contributed by atoms with Crippen molar-refractivity contribution < 1.29 is 4.74 Å². The van der Waals surface area contributed by atoms with Gasteiger partial charge in [0.1, 0.15) is 11.9 Å². The first-order chi connectivity index (χ1) is 8.33. The van der Waals surface area contributed by atoms with E-state index in [1.54, 1.807) is 0 Å². The molecule has 0 radical (unpaired) electrons. The molecular weight excluding hydrogens is 212 g/mol. The number of nitrogens with two attached hydrogens (primary N) is 1. The molecule has 0 saturated heterocycles. The van der Waals surface area contributed by atoms with Gasteiger partial charge in [-0.25, -0.2) is 0 Å². The van der Waals surface area contributed by atoms with Crippen molar-refractivity contribution >= 4 is 5.69 Å². The Hall–Kier alpha value is -1.22. The van der Waals surface area contributed by atoms with Crippen molar-refractivity contribution in [2.45, 2.75) is 38.7 Å². The maximum absolute atomic E-state index is 5.88. The SMILES string of the molecule is CCC1CNc2cc(CCCCN)ccc2O1. The molecule has 0 aliphatic carbocycles. The molecule has 0 saturated carbocycles. The summed E-state index contributed by atoms with van der Waals surface area (Å²) >= 11 is 0. The zero-order valence-electron chi connectivity index (χ0n) is 10.5. The number of unbranched alkanes of at least 4 members (excludes halogenated alkanes) is 1. The van der Waals surface area contributed by atoms with Gasteiger partial charge in [-0.05, 0) is 49.9 Å². The average Bonchev–Trinajstić information content (AvgIpc) is 2.38. The number of hydrogen-bond acceptors (Lipinski definition) is 3. The number of benzene rings is 1. The number of rotatable bonds is 5. The number of aryl methyl sites for hydroxylation is 1. The monoisotopic (exact) mass is 234 g/mol. The summed E-state index contributed by atoms with van der Waals surface area (Å²) in [6.45, 7) is 3.85. The topological polar surface area (TPSA) is 47.3 Å². The maximum Gasteiger partial charge on any atom is 0.142 e. The van der Waals surface area contributed by atoms with E-state index in [-0.39, 0.29) is 0 Å². The lowest BCUT2D eigenvalue weighted by Gasteiger charge is -2.27. The summed E-state index contributed by atoms with van der Waals surface area (Å²) in [4.78, 5) is 0. The lowest BCUT2D eigenvalue weighted by Crippen LogP contribution is -2.29. The zero-order valence-corrected chi connectivity index (χ0v) is 10.5. The van der Waals surface area contributed by atoms with Crippen LogP contribution < -0.4 is 15.8 Å². The van der Waals surface area contributed by atoms with E-state index in [2.05, 4.69) is 30.4 Å². The highest BCUT2D eigenvalue weighted by Gasteiger charge is 2.17. The summed E-state index contributed by atoms with van der Waals surface area (Å²) < 4.78 is 5.88. The van der Waals surface area contributed by atoms with Gasteiger partial charge in [-0.15, -0.1) is 0 Å². The maximum atomic E-state index is 5.88. The third-order valence-electron chi connectivity index (χ3n) is 3.23. The van der Waals surface area contributed by atoms with Crippen molar-refractivity contribution in [1.82, 2.24) is 0 Å². The Morgan fingerprint density at radius 2 is 2.29 bits per heavy atom. The van der Waals surface area contributed by atoms with Crippen LogP contribution in [0.4, 0.5) is 5.69 Å². The largest absolute Gasteiger partial charge is 0.486 e. The van der Waals surface area contributed by atoms with Gasteiger partial charge >= 0.3 is 0 Å². The van der Waals surface area contributed by atoms with Gasteiger partial charge < -0.3 is 15.8 Å². The van der Waals surface area contributed by atoms with Crippen LogP contribution in [0.5, 0.6) is 5.75 Å². The Balaban J connectivity index is 2.00. The summed E-state index contributed by atoms with van der Waals surface area (Å²) in [6.07, 6.45) is 4.71. The van der Waals surface area contributed by atoms with Gasteiger partial charge in [0, 0.05) is 0 Å². The molecule has 1 unspecified atom stereocenters. The minimum Gasteiger partial charge on any atom is -0.486 e. The Kier molecular flexibility index (Phi) is 4.26. The Labute approximate surface area is 103 Å². The van der Waals surface area contributed by atoms with Crippen molar-refractivity contribution in [2.24, 2.45) is 5.73 Å². The molecule has 0 spiro atoms. The fourth-order valence-electron chi connectivity index (χ4n) is 2.12. The molecule has 1 aliphatic heterocycles. The fraction of sp³-hybridized carbons (Fsp3) is 0.571. The number of nitrogens with one attached hydrogen (secondary N) is 1. The molecule has 1 atom stereocenters.